The van der Waals surface area contributed by atoms with Crippen molar-refractivity contribution in [3.8, 4) is 0 Å². The van der Waals surface area contributed by atoms with E-state index in [9.17, 15) is 19.5 Å². The first kappa shape index (κ1) is 25.4. The van der Waals surface area contributed by atoms with Crippen molar-refractivity contribution >= 4 is 64.9 Å². The SMILES string of the molecule is O=C(Cc1ccccc1)NC1C(=O)N2C(C(=O)O)=C(/C=C/c3cc4c(cc3CCl)COC(Cl)=C4)CSC12. The van der Waals surface area contributed by atoms with Gasteiger partial charge in [0.2, 0.25) is 5.91 Å². The molecule has 3 aliphatic heterocycles. The fraction of sp³-hybridized carbons (Fsp3) is 0.222. The molecule has 3 aliphatic rings. The Bertz CT molecular complexity index is 1370. The quantitative estimate of drug-likeness (QED) is 0.385. The third-order valence-corrected chi connectivity index (χ3v) is 8.18. The first-order chi connectivity index (χ1) is 17.9. The van der Waals surface area contributed by atoms with Gasteiger partial charge < -0.3 is 15.2 Å². The number of carbonyl (C=O) groups is 3. The van der Waals surface area contributed by atoms with Crippen molar-refractivity contribution in [2.45, 2.75) is 30.3 Å². The third kappa shape index (κ3) is 5.14. The van der Waals surface area contributed by atoms with Gasteiger partial charge in [-0.1, -0.05) is 42.5 Å². The molecule has 0 bridgehead atoms. The number of alkyl halides is 1. The second-order valence-electron chi connectivity index (χ2n) is 8.75. The largest absolute Gasteiger partial charge is 0.478 e. The molecule has 0 spiro atoms. The second-order valence-corrected chi connectivity index (χ2v) is 10.5. The Hall–Kier alpha value is -3.20. The monoisotopic (exact) mass is 556 g/mol. The van der Waals surface area contributed by atoms with Crippen LogP contribution in [0.25, 0.3) is 12.2 Å². The molecule has 190 valence electrons. The minimum atomic E-state index is -1.19. The van der Waals surface area contributed by atoms with Crippen LogP contribution in [0.15, 0.2) is 65.0 Å². The molecule has 2 amide bonds. The lowest BCUT2D eigenvalue weighted by molar-refractivity contribution is -0.150. The Balaban J connectivity index is 1.36. The highest BCUT2D eigenvalue weighted by molar-refractivity contribution is 8.00. The molecule has 5 rings (SSSR count). The number of ether oxygens (including phenoxy) is 1. The normalized spacial score (nSPS) is 20.5. The van der Waals surface area contributed by atoms with Gasteiger partial charge in [0, 0.05) is 17.7 Å². The summed E-state index contributed by atoms with van der Waals surface area (Å²) in [5.74, 6) is -1.27. The Kier molecular flexibility index (Phi) is 7.33. The van der Waals surface area contributed by atoms with Gasteiger partial charge in [-0.15, -0.1) is 23.4 Å². The molecule has 2 unspecified atom stereocenters. The van der Waals surface area contributed by atoms with E-state index in [-0.39, 0.29) is 23.9 Å². The number of nitrogens with zero attached hydrogens (tertiary/aromatic N) is 1. The number of hydrogen-bond donors (Lipinski definition) is 2. The molecule has 2 aromatic carbocycles. The highest BCUT2D eigenvalue weighted by Crippen LogP contribution is 2.41. The summed E-state index contributed by atoms with van der Waals surface area (Å²) in [6, 6.07) is 12.3. The molecule has 0 aromatic heterocycles. The van der Waals surface area contributed by atoms with E-state index in [1.807, 2.05) is 42.5 Å². The van der Waals surface area contributed by atoms with Gasteiger partial charge in [0.1, 0.15) is 23.7 Å². The van der Waals surface area contributed by atoms with Gasteiger partial charge in [0.25, 0.3) is 5.91 Å². The zero-order valence-electron chi connectivity index (χ0n) is 19.4. The molecule has 2 aromatic rings. The smallest absolute Gasteiger partial charge is 0.352 e. The molecule has 0 aliphatic carbocycles. The topological polar surface area (TPSA) is 95.9 Å². The van der Waals surface area contributed by atoms with Crippen LogP contribution in [0.5, 0.6) is 0 Å². The van der Waals surface area contributed by atoms with Crippen LogP contribution >= 0.6 is 35.0 Å². The van der Waals surface area contributed by atoms with E-state index in [4.69, 9.17) is 27.9 Å². The van der Waals surface area contributed by atoms with Gasteiger partial charge >= 0.3 is 5.97 Å². The molecule has 2 atom stereocenters. The lowest BCUT2D eigenvalue weighted by Gasteiger charge is -2.49. The van der Waals surface area contributed by atoms with Crippen LogP contribution in [-0.2, 0) is 38.0 Å². The molecular formula is C27H22Cl2N2O5S. The Morgan fingerprint density at radius 3 is 2.73 bits per heavy atom. The van der Waals surface area contributed by atoms with Gasteiger partial charge in [-0.05, 0) is 57.1 Å². The first-order valence-electron chi connectivity index (χ1n) is 11.5. The van der Waals surface area contributed by atoms with Crippen LogP contribution in [0.2, 0.25) is 0 Å². The number of carbonyl (C=O) groups excluding carboxylic acids is 2. The van der Waals surface area contributed by atoms with Gasteiger partial charge in [-0.3, -0.25) is 14.5 Å². The minimum absolute atomic E-state index is 0.0692. The number of fused-ring (bicyclic) bond motifs is 2. The van der Waals surface area contributed by atoms with E-state index in [2.05, 4.69) is 5.32 Å². The van der Waals surface area contributed by atoms with E-state index in [0.29, 0.717) is 23.2 Å². The zero-order chi connectivity index (χ0) is 26.1. The van der Waals surface area contributed by atoms with Crippen molar-refractivity contribution in [2.75, 3.05) is 5.75 Å². The lowest BCUT2D eigenvalue weighted by atomic mass is 9.97. The Morgan fingerprint density at radius 2 is 2.00 bits per heavy atom. The standard InChI is InChI=1S/C27H22Cl2N2O5S/c28-12-19-10-20-13-36-21(29)11-18(20)9-16(19)6-7-17-14-37-26-23(25(33)31(26)24(17)27(34)35)30-22(32)8-15-4-2-1-3-5-15/h1-7,9-11,23,26H,8,12-14H2,(H,30,32)(H,34,35)/b7-6+. The number of hydrogen-bond acceptors (Lipinski definition) is 5. The number of rotatable bonds is 7. The van der Waals surface area contributed by atoms with E-state index in [1.165, 1.54) is 16.7 Å². The molecule has 37 heavy (non-hydrogen) atoms. The third-order valence-electron chi connectivity index (χ3n) is 6.37. The summed E-state index contributed by atoms with van der Waals surface area (Å²) in [6.45, 7) is 0.352. The van der Waals surface area contributed by atoms with Gasteiger partial charge in [-0.25, -0.2) is 4.79 Å². The highest BCUT2D eigenvalue weighted by atomic mass is 35.5. The van der Waals surface area contributed by atoms with Crippen LogP contribution in [0.1, 0.15) is 27.8 Å². The van der Waals surface area contributed by atoms with Crippen molar-refractivity contribution in [2.24, 2.45) is 0 Å². The van der Waals surface area contributed by atoms with Gasteiger partial charge in [0.15, 0.2) is 5.22 Å². The Labute approximate surface area is 227 Å². The highest BCUT2D eigenvalue weighted by Gasteiger charge is 2.53. The van der Waals surface area contributed by atoms with Crippen LogP contribution in [0.3, 0.4) is 0 Å². The Morgan fingerprint density at radius 1 is 1.22 bits per heavy atom. The summed E-state index contributed by atoms with van der Waals surface area (Å²) in [5.41, 5.74) is 4.83. The van der Waals surface area contributed by atoms with E-state index in [0.717, 1.165) is 27.8 Å². The van der Waals surface area contributed by atoms with Crippen molar-refractivity contribution < 1.29 is 24.2 Å². The van der Waals surface area contributed by atoms with Crippen LogP contribution < -0.4 is 5.32 Å². The maximum atomic E-state index is 12.9. The number of carboxylic acids is 1. The number of β-lactam (4-membered cyclic amide) rings is 1. The van der Waals surface area contributed by atoms with Crippen LogP contribution in [0, 0.1) is 0 Å². The summed E-state index contributed by atoms with van der Waals surface area (Å²) in [6.07, 6.45) is 5.39. The van der Waals surface area contributed by atoms with E-state index < -0.39 is 23.3 Å². The van der Waals surface area contributed by atoms with Crippen molar-refractivity contribution in [1.29, 1.82) is 0 Å². The van der Waals surface area contributed by atoms with E-state index in [1.54, 1.807) is 18.2 Å². The summed E-state index contributed by atoms with van der Waals surface area (Å²) < 4.78 is 5.37. The molecule has 1 saturated heterocycles. The average Bonchev–Trinajstić information content (AvgIpc) is 2.89. The van der Waals surface area contributed by atoms with E-state index >= 15 is 0 Å². The molecule has 0 saturated carbocycles. The molecule has 1 fully saturated rings. The first-order valence-corrected chi connectivity index (χ1v) is 13.5. The molecular weight excluding hydrogens is 535 g/mol. The predicted octanol–water partition coefficient (Wildman–Crippen LogP) is 4.49. The molecule has 7 nitrogen and oxygen atoms in total. The summed E-state index contributed by atoms with van der Waals surface area (Å²) in [7, 11) is 0. The maximum Gasteiger partial charge on any atom is 0.352 e. The van der Waals surface area contributed by atoms with Crippen molar-refractivity contribution in [3.63, 3.8) is 0 Å². The second kappa shape index (κ2) is 10.7. The summed E-state index contributed by atoms with van der Waals surface area (Å²) in [5, 5.41) is 12.6. The lowest BCUT2D eigenvalue weighted by Crippen LogP contribution is -2.70. The van der Waals surface area contributed by atoms with Crippen molar-refractivity contribution in [3.05, 3.63) is 92.8 Å². The average molecular weight is 557 g/mol. The molecule has 10 heteroatoms. The number of aliphatic carboxylic acids is 1. The van der Waals surface area contributed by atoms with Crippen LogP contribution in [-0.4, -0.2) is 45.0 Å². The fourth-order valence-corrected chi connectivity index (χ4v) is 6.26. The zero-order valence-corrected chi connectivity index (χ0v) is 21.8. The van der Waals surface area contributed by atoms with Crippen molar-refractivity contribution in [1.82, 2.24) is 10.2 Å². The summed E-state index contributed by atoms with van der Waals surface area (Å²) >= 11 is 13.6. The molecule has 2 N–H and O–H groups in total. The maximum absolute atomic E-state index is 12.9. The summed E-state index contributed by atoms with van der Waals surface area (Å²) in [4.78, 5) is 38.9. The number of nitrogens with one attached hydrogen (secondary N) is 1. The predicted molar refractivity (Wildman–Crippen MR) is 143 cm³/mol. The number of halogens is 2. The number of benzene rings is 2. The van der Waals surface area contributed by atoms with Crippen LogP contribution in [0.4, 0.5) is 0 Å². The molecule has 3 heterocycles. The minimum Gasteiger partial charge on any atom is -0.478 e. The number of carboxylic acid groups (broad SMARTS) is 1. The number of amides is 2. The van der Waals surface area contributed by atoms with Gasteiger partial charge in [0.05, 0.1) is 6.42 Å². The fourth-order valence-electron chi connectivity index (χ4n) is 4.54. The molecule has 0 radical (unpaired) electrons. The number of allylic oxidation sites excluding steroid dienone is 1. The number of thioether (sulfide) groups is 1. The van der Waals surface area contributed by atoms with Gasteiger partial charge in [-0.2, -0.15) is 0 Å².